The molecule has 3 nitrogen and oxygen atoms in total. The largest absolute Gasteiger partial charge is 0.448 e. The SMILES string of the molecule is CNCc1ccc2c(c1)OC1(CCCCC1)O2. The molecule has 0 saturated heterocycles. The van der Waals surface area contributed by atoms with Gasteiger partial charge < -0.3 is 14.8 Å². The molecule has 0 unspecified atom stereocenters. The molecule has 3 heteroatoms. The summed E-state index contributed by atoms with van der Waals surface area (Å²) in [6.45, 7) is 0.865. The summed E-state index contributed by atoms with van der Waals surface area (Å²) in [4.78, 5) is 0. The van der Waals surface area contributed by atoms with Crippen LogP contribution in [0.3, 0.4) is 0 Å². The number of hydrogen-bond acceptors (Lipinski definition) is 3. The zero-order chi connectivity index (χ0) is 11.7. The maximum absolute atomic E-state index is 6.07. The highest BCUT2D eigenvalue weighted by atomic mass is 16.7. The zero-order valence-electron chi connectivity index (χ0n) is 10.3. The lowest BCUT2D eigenvalue weighted by Gasteiger charge is -2.31. The van der Waals surface area contributed by atoms with Gasteiger partial charge in [0.15, 0.2) is 11.5 Å². The second kappa shape index (κ2) is 4.22. The fourth-order valence-corrected chi connectivity index (χ4v) is 2.75. The Morgan fingerprint density at radius 1 is 1.12 bits per heavy atom. The Kier molecular flexibility index (Phi) is 2.71. The summed E-state index contributed by atoms with van der Waals surface area (Å²) in [5.74, 6) is 1.48. The summed E-state index contributed by atoms with van der Waals surface area (Å²) in [5.41, 5.74) is 1.24. The number of nitrogens with one attached hydrogen (secondary N) is 1. The van der Waals surface area contributed by atoms with Crippen LogP contribution in [0.5, 0.6) is 11.5 Å². The lowest BCUT2D eigenvalue weighted by Crippen LogP contribution is -2.40. The first-order chi connectivity index (χ1) is 8.31. The fourth-order valence-electron chi connectivity index (χ4n) is 2.75. The van der Waals surface area contributed by atoms with Crippen LogP contribution in [-0.2, 0) is 6.54 Å². The van der Waals surface area contributed by atoms with Crippen molar-refractivity contribution in [2.45, 2.75) is 44.4 Å². The van der Waals surface area contributed by atoms with Crippen molar-refractivity contribution < 1.29 is 9.47 Å². The summed E-state index contributed by atoms with van der Waals surface area (Å²) in [6, 6.07) is 6.22. The molecule has 1 N–H and O–H groups in total. The summed E-state index contributed by atoms with van der Waals surface area (Å²) >= 11 is 0. The fraction of sp³-hybridized carbons (Fsp3) is 0.571. The van der Waals surface area contributed by atoms with E-state index >= 15 is 0 Å². The minimum atomic E-state index is -0.348. The second-order valence-corrected chi connectivity index (χ2v) is 4.99. The molecule has 1 spiro atoms. The van der Waals surface area contributed by atoms with Crippen LogP contribution in [0, 0.1) is 0 Å². The van der Waals surface area contributed by atoms with Gasteiger partial charge in [0.05, 0.1) is 0 Å². The molecular formula is C14H19NO2. The summed E-state index contributed by atoms with van der Waals surface area (Å²) < 4.78 is 12.1. The van der Waals surface area contributed by atoms with E-state index in [1.807, 2.05) is 13.1 Å². The van der Waals surface area contributed by atoms with Gasteiger partial charge in [0.2, 0.25) is 0 Å². The van der Waals surface area contributed by atoms with E-state index in [-0.39, 0.29) is 5.79 Å². The molecule has 0 bridgehead atoms. The first kappa shape index (κ1) is 10.9. The Labute approximate surface area is 102 Å². The Hall–Kier alpha value is -1.22. The number of rotatable bonds is 2. The van der Waals surface area contributed by atoms with Crippen molar-refractivity contribution in [1.29, 1.82) is 0 Å². The first-order valence-electron chi connectivity index (χ1n) is 6.47. The molecule has 0 atom stereocenters. The van der Waals surface area contributed by atoms with Crippen LogP contribution in [-0.4, -0.2) is 12.8 Å². The van der Waals surface area contributed by atoms with Crippen molar-refractivity contribution in [2.75, 3.05) is 7.05 Å². The highest BCUT2D eigenvalue weighted by Gasteiger charge is 2.42. The third-order valence-electron chi connectivity index (χ3n) is 3.60. The molecule has 3 rings (SSSR count). The van der Waals surface area contributed by atoms with Crippen LogP contribution in [0.1, 0.15) is 37.7 Å². The van der Waals surface area contributed by atoms with E-state index in [1.54, 1.807) is 0 Å². The Balaban J connectivity index is 1.82. The van der Waals surface area contributed by atoms with Crippen molar-refractivity contribution >= 4 is 0 Å². The zero-order valence-corrected chi connectivity index (χ0v) is 10.3. The molecule has 0 amide bonds. The molecule has 1 aliphatic carbocycles. The van der Waals surface area contributed by atoms with Crippen molar-refractivity contribution in [3.05, 3.63) is 23.8 Å². The molecule has 1 aromatic rings. The summed E-state index contributed by atoms with van der Waals surface area (Å²) in [7, 11) is 1.95. The maximum atomic E-state index is 6.07. The molecular weight excluding hydrogens is 214 g/mol. The maximum Gasteiger partial charge on any atom is 0.251 e. The molecule has 92 valence electrons. The molecule has 17 heavy (non-hydrogen) atoms. The highest BCUT2D eigenvalue weighted by Crippen LogP contribution is 2.45. The first-order valence-corrected chi connectivity index (χ1v) is 6.47. The van der Waals surface area contributed by atoms with Crippen LogP contribution in [0.4, 0.5) is 0 Å². The Bertz CT molecular complexity index is 411. The Morgan fingerprint density at radius 2 is 1.88 bits per heavy atom. The summed E-state index contributed by atoms with van der Waals surface area (Å²) in [6.07, 6.45) is 5.75. The topological polar surface area (TPSA) is 30.5 Å². The van der Waals surface area contributed by atoms with Crippen molar-refractivity contribution in [3.8, 4) is 11.5 Å². The third kappa shape index (κ3) is 2.00. The van der Waals surface area contributed by atoms with Gasteiger partial charge in [-0.1, -0.05) is 12.5 Å². The van der Waals surface area contributed by atoms with E-state index in [0.717, 1.165) is 30.9 Å². The third-order valence-corrected chi connectivity index (χ3v) is 3.60. The molecule has 1 aromatic carbocycles. The minimum Gasteiger partial charge on any atom is -0.448 e. The smallest absolute Gasteiger partial charge is 0.251 e. The van der Waals surface area contributed by atoms with E-state index in [0.29, 0.717) is 0 Å². The monoisotopic (exact) mass is 233 g/mol. The van der Waals surface area contributed by atoms with E-state index in [1.165, 1.54) is 24.8 Å². The van der Waals surface area contributed by atoms with Crippen molar-refractivity contribution in [2.24, 2.45) is 0 Å². The van der Waals surface area contributed by atoms with Crippen LogP contribution in [0.15, 0.2) is 18.2 Å². The number of fused-ring (bicyclic) bond motifs is 1. The molecule has 1 saturated carbocycles. The van der Waals surface area contributed by atoms with Crippen LogP contribution >= 0.6 is 0 Å². The molecule has 0 radical (unpaired) electrons. The van der Waals surface area contributed by atoms with E-state index in [2.05, 4.69) is 17.4 Å². The predicted molar refractivity (Wildman–Crippen MR) is 66.3 cm³/mol. The normalized spacial score (nSPS) is 20.8. The Morgan fingerprint density at radius 3 is 2.65 bits per heavy atom. The average Bonchev–Trinajstić information content (AvgIpc) is 2.67. The minimum absolute atomic E-state index is 0.348. The van der Waals surface area contributed by atoms with Gasteiger partial charge in [-0.05, 0) is 37.6 Å². The predicted octanol–water partition coefficient (Wildman–Crippen LogP) is 2.84. The summed E-state index contributed by atoms with van der Waals surface area (Å²) in [5, 5.41) is 3.15. The van der Waals surface area contributed by atoms with Gasteiger partial charge in [-0.25, -0.2) is 0 Å². The molecule has 2 aliphatic rings. The van der Waals surface area contributed by atoms with Gasteiger partial charge in [-0.3, -0.25) is 0 Å². The van der Waals surface area contributed by atoms with Crippen LogP contribution in [0.2, 0.25) is 0 Å². The molecule has 1 heterocycles. The number of hydrogen-bond donors (Lipinski definition) is 1. The van der Waals surface area contributed by atoms with Gasteiger partial charge in [-0.2, -0.15) is 0 Å². The van der Waals surface area contributed by atoms with Gasteiger partial charge >= 0.3 is 0 Å². The molecule has 1 aliphatic heterocycles. The molecule has 1 fully saturated rings. The van der Waals surface area contributed by atoms with Crippen molar-refractivity contribution in [3.63, 3.8) is 0 Å². The second-order valence-electron chi connectivity index (χ2n) is 4.99. The van der Waals surface area contributed by atoms with Gasteiger partial charge in [-0.15, -0.1) is 0 Å². The van der Waals surface area contributed by atoms with E-state index in [9.17, 15) is 0 Å². The standard InChI is InChI=1S/C14H19NO2/c1-15-10-11-5-6-12-13(9-11)17-14(16-12)7-3-2-4-8-14/h5-6,9,15H,2-4,7-8,10H2,1H3. The number of benzene rings is 1. The van der Waals surface area contributed by atoms with E-state index in [4.69, 9.17) is 9.47 Å². The van der Waals surface area contributed by atoms with Crippen molar-refractivity contribution in [1.82, 2.24) is 5.32 Å². The van der Waals surface area contributed by atoms with Gasteiger partial charge in [0.1, 0.15) is 0 Å². The number of ether oxygens (including phenoxy) is 2. The highest BCUT2D eigenvalue weighted by molar-refractivity contribution is 5.46. The average molecular weight is 233 g/mol. The molecule has 0 aromatic heterocycles. The van der Waals surface area contributed by atoms with Crippen LogP contribution < -0.4 is 14.8 Å². The van der Waals surface area contributed by atoms with Gasteiger partial charge in [0.25, 0.3) is 5.79 Å². The quantitative estimate of drug-likeness (QED) is 0.852. The lowest BCUT2D eigenvalue weighted by molar-refractivity contribution is -0.105. The van der Waals surface area contributed by atoms with Crippen LogP contribution in [0.25, 0.3) is 0 Å². The van der Waals surface area contributed by atoms with E-state index < -0.39 is 0 Å². The van der Waals surface area contributed by atoms with Gasteiger partial charge in [0, 0.05) is 19.4 Å². The lowest BCUT2D eigenvalue weighted by atomic mass is 9.94.